The minimum Gasteiger partial charge on any atom is -0.347 e. The lowest BCUT2D eigenvalue weighted by Gasteiger charge is -2.08. The van der Waals surface area contributed by atoms with E-state index in [1.807, 2.05) is 31.2 Å². The summed E-state index contributed by atoms with van der Waals surface area (Å²) >= 11 is 0. The van der Waals surface area contributed by atoms with Crippen molar-refractivity contribution in [2.45, 2.75) is 13.5 Å². The Morgan fingerprint density at radius 2 is 1.71 bits per heavy atom. The van der Waals surface area contributed by atoms with Gasteiger partial charge in [0.05, 0.1) is 5.69 Å². The van der Waals surface area contributed by atoms with Crippen LogP contribution in [0.2, 0.25) is 0 Å². The van der Waals surface area contributed by atoms with E-state index in [1.54, 1.807) is 0 Å². The van der Waals surface area contributed by atoms with Crippen molar-refractivity contribution in [1.82, 2.24) is 10.3 Å². The molecule has 0 saturated heterocycles. The molecule has 3 aromatic rings. The molecule has 1 heterocycles. The number of nitrogens with one attached hydrogen (secondary N) is 2. The summed E-state index contributed by atoms with van der Waals surface area (Å²) < 4.78 is 26.6. The fourth-order valence-corrected chi connectivity index (χ4v) is 2.46. The Balaban J connectivity index is 1.67. The molecule has 0 aliphatic carbocycles. The van der Waals surface area contributed by atoms with Crippen LogP contribution in [0, 0.1) is 18.6 Å². The number of hydrogen-bond donors (Lipinski definition) is 2. The maximum absolute atomic E-state index is 13.7. The number of anilines is 1. The van der Waals surface area contributed by atoms with E-state index in [4.69, 9.17) is 0 Å². The van der Waals surface area contributed by atoms with Crippen molar-refractivity contribution >= 4 is 17.5 Å². The van der Waals surface area contributed by atoms with Gasteiger partial charge in [0.1, 0.15) is 17.3 Å². The van der Waals surface area contributed by atoms with E-state index < -0.39 is 23.4 Å². The van der Waals surface area contributed by atoms with E-state index in [1.165, 1.54) is 18.3 Å². The molecule has 1 aromatic heterocycles. The molecule has 7 heteroatoms. The lowest BCUT2D eigenvalue weighted by Crippen LogP contribution is -2.24. The second-order valence-electron chi connectivity index (χ2n) is 6.18. The molecule has 5 nitrogen and oxygen atoms in total. The quantitative estimate of drug-likeness (QED) is 0.705. The zero-order valence-electron chi connectivity index (χ0n) is 15.0. The van der Waals surface area contributed by atoms with Crippen LogP contribution in [0.15, 0.2) is 60.8 Å². The number of carbonyl (C=O) groups excluding carboxylic acids is 2. The molecular formula is C21H17F2N3O2. The van der Waals surface area contributed by atoms with Crippen LogP contribution < -0.4 is 10.6 Å². The number of hydrogen-bond acceptors (Lipinski definition) is 3. The number of amides is 2. The molecule has 0 spiro atoms. The van der Waals surface area contributed by atoms with Gasteiger partial charge in [-0.15, -0.1) is 0 Å². The van der Waals surface area contributed by atoms with Crippen LogP contribution in [0.4, 0.5) is 14.5 Å². The van der Waals surface area contributed by atoms with Crippen molar-refractivity contribution in [3.05, 3.63) is 94.8 Å². The molecule has 0 aliphatic rings. The number of nitrogens with zero attached hydrogens (tertiary/aromatic N) is 1. The van der Waals surface area contributed by atoms with Gasteiger partial charge >= 0.3 is 0 Å². The van der Waals surface area contributed by atoms with Gasteiger partial charge in [-0.1, -0.05) is 29.8 Å². The fourth-order valence-electron chi connectivity index (χ4n) is 2.46. The lowest BCUT2D eigenvalue weighted by molar-refractivity contribution is 0.0946. The maximum atomic E-state index is 13.7. The molecule has 0 fully saturated rings. The first-order chi connectivity index (χ1) is 13.4. The average molecular weight is 381 g/mol. The molecule has 2 amide bonds. The molecular weight excluding hydrogens is 364 g/mol. The largest absolute Gasteiger partial charge is 0.347 e. The number of halogens is 2. The first-order valence-corrected chi connectivity index (χ1v) is 8.48. The topological polar surface area (TPSA) is 71.1 Å². The van der Waals surface area contributed by atoms with Gasteiger partial charge in [0, 0.05) is 24.4 Å². The number of aromatic nitrogens is 1. The highest BCUT2D eigenvalue weighted by Gasteiger charge is 2.14. The van der Waals surface area contributed by atoms with Gasteiger partial charge in [-0.3, -0.25) is 14.6 Å². The number of pyridine rings is 1. The smallest absolute Gasteiger partial charge is 0.270 e. The minimum atomic E-state index is -0.890. The Kier molecular flexibility index (Phi) is 5.74. The van der Waals surface area contributed by atoms with Crippen LogP contribution in [-0.2, 0) is 6.54 Å². The molecule has 0 unspecified atom stereocenters. The predicted molar refractivity (Wildman–Crippen MR) is 101 cm³/mol. The fraction of sp³-hybridized carbons (Fsp3) is 0.0952. The Labute approximate surface area is 160 Å². The molecule has 0 atom stereocenters. The van der Waals surface area contributed by atoms with Crippen molar-refractivity contribution in [2.75, 3.05) is 5.32 Å². The van der Waals surface area contributed by atoms with Crippen molar-refractivity contribution in [1.29, 1.82) is 0 Å². The number of aryl methyl sites for hydroxylation is 1. The van der Waals surface area contributed by atoms with Gasteiger partial charge in [-0.2, -0.15) is 0 Å². The third-order valence-electron chi connectivity index (χ3n) is 4.01. The molecule has 142 valence electrons. The first kappa shape index (κ1) is 19.2. The van der Waals surface area contributed by atoms with Crippen molar-refractivity contribution < 1.29 is 18.4 Å². The van der Waals surface area contributed by atoms with Gasteiger partial charge in [0.15, 0.2) is 0 Å². The zero-order valence-corrected chi connectivity index (χ0v) is 15.0. The van der Waals surface area contributed by atoms with Crippen LogP contribution in [0.1, 0.15) is 32.0 Å². The Hall–Kier alpha value is -3.61. The van der Waals surface area contributed by atoms with E-state index in [0.717, 1.165) is 23.3 Å². The second-order valence-corrected chi connectivity index (χ2v) is 6.18. The minimum absolute atomic E-state index is 0.0549. The molecule has 28 heavy (non-hydrogen) atoms. The molecule has 0 saturated carbocycles. The van der Waals surface area contributed by atoms with E-state index in [9.17, 15) is 18.4 Å². The van der Waals surface area contributed by atoms with Crippen LogP contribution in [0.5, 0.6) is 0 Å². The molecule has 2 aromatic carbocycles. The predicted octanol–water partition coefficient (Wildman–Crippen LogP) is 3.85. The van der Waals surface area contributed by atoms with Crippen LogP contribution in [0.25, 0.3) is 0 Å². The van der Waals surface area contributed by atoms with E-state index in [-0.39, 0.29) is 16.9 Å². The average Bonchev–Trinajstić information content (AvgIpc) is 2.69. The van der Waals surface area contributed by atoms with Crippen LogP contribution in [-0.4, -0.2) is 16.8 Å². The van der Waals surface area contributed by atoms with Crippen molar-refractivity contribution in [2.24, 2.45) is 0 Å². The maximum Gasteiger partial charge on any atom is 0.270 e. The summed E-state index contributed by atoms with van der Waals surface area (Å²) in [4.78, 5) is 28.6. The highest BCUT2D eigenvalue weighted by atomic mass is 19.1. The highest BCUT2D eigenvalue weighted by molar-refractivity contribution is 6.05. The van der Waals surface area contributed by atoms with Gasteiger partial charge in [0.25, 0.3) is 11.8 Å². The summed E-state index contributed by atoms with van der Waals surface area (Å²) in [5.41, 5.74) is 2.07. The van der Waals surface area contributed by atoms with E-state index in [0.29, 0.717) is 12.6 Å². The molecule has 0 bridgehead atoms. The third kappa shape index (κ3) is 4.76. The van der Waals surface area contributed by atoms with E-state index >= 15 is 0 Å². The summed E-state index contributed by atoms with van der Waals surface area (Å²) in [6.07, 6.45) is 1.32. The van der Waals surface area contributed by atoms with Crippen molar-refractivity contribution in [3.63, 3.8) is 0 Å². The Morgan fingerprint density at radius 3 is 2.43 bits per heavy atom. The van der Waals surface area contributed by atoms with Gasteiger partial charge in [-0.25, -0.2) is 8.78 Å². The molecule has 0 aliphatic heterocycles. The lowest BCUT2D eigenvalue weighted by atomic mass is 10.1. The summed E-state index contributed by atoms with van der Waals surface area (Å²) in [5, 5.41) is 5.07. The van der Waals surface area contributed by atoms with Crippen LogP contribution >= 0.6 is 0 Å². The summed E-state index contributed by atoms with van der Waals surface area (Å²) in [5.74, 6) is -2.71. The zero-order chi connectivity index (χ0) is 20.1. The number of carbonyl (C=O) groups is 2. The normalized spacial score (nSPS) is 10.4. The van der Waals surface area contributed by atoms with Crippen molar-refractivity contribution in [3.8, 4) is 0 Å². The molecule has 0 radical (unpaired) electrons. The van der Waals surface area contributed by atoms with E-state index in [2.05, 4.69) is 15.6 Å². The summed E-state index contributed by atoms with van der Waals surface area (Å²) in [6.45, 7) is 2.29. The van der Waals surface area contributed by atoms with Gasteiger partial charge in [0.2, 0.25) is 0 Å². The third-order valence-corrected chi connectivity index (χ3v) is 4.01. The molecule has 3 rings (SSSR count). The van der Waals surface area contributed by atoms with Crippen LogP contribution in [0.3, 0.4) is 0 Å². The summed E-state index contributed by atoms with van der Waals surface area (Å²) in [7, 11) is 0. The van der Waals surface area contributed by atoms with Gasteiger partial charge in [-0.05, 0) is 36.8 Å². The SMILES string of the molecule is Cc1ccc(CNC(=O)c2cc(C(=O)Nc3ccc(F)cc3F)ccn2)cc1. The standard InChI is InChI=1S/C21H17F2N3O2/c1-13-2-4-14(5-3-13)12-25-21(28)19-10-15(8-9-24-19)20(27)26-18-7-6-16(22)11-17(18)23/h2-11H,12H2,1H3,(H,25,28)(H,26,27). The first-order valence-electron chi connectivity index (χ1n) is 8.48. The highest BCUT2D eigenvalue weighted by Crippen LogP contribution is 2.16. The Bertz CT molecular complexity index is 1020. The number of rotatable bonds is 5. The van der Waals surface area contributed by atoms with Gasteiger partial charge < -0.3 is 10.6 Å². The summed E-state index contributed by atoms with van der Waals surface area (Å²) in [6, 6.07) is 13.2. The molecule has 2 N–H and O–H groups in total. The number of benzene rings is 2. The monoisotopic (exact) mass is 381 g/mol. The Morgan fingerprint density at radius 1 is 0.964 bits per heavy atom. The second kappa shape index (κ2) is 8.39.